The number of ether oxygens (including phenoxy) is 2. The summed E-state index contributed by atoms with van der Waals surface area (Å²) in [4.78, 5) is 16.4. The van der Waals surface area contributed by atoms with E-state index in [1.807, 2.05) is 59.1 Å². The first kappa shape index (κ1) is 26.8. The summed E-state index contributed by atoms with van der Waals surface area (Å²) in [5, 5.41) is 0.430. The highest BCUT2D eigenvalue weighted by molar-refractivity contribution is 6.32. The van der Waals surface area contributed by atoms with Gasteiger partial charge >= 0.3 is 0 Å². The number of hydrogen-bond acceptors (Lipinski definition) is 4. The third-order valence-corrected chi connectivity index (χ3v) is 6.72. The molecule has 4 rings (SSSR count). The minimum absolute atomic E-state index is 0.133. The fourth-order valence-electron chi connectivity index (χ4n) is 4.82. The van der Waals surface area contributed by atoms with Crippen LogP contribution in [0.1, 0.15) is 49.2 Å². The van der Waals surface area contributed by atoms with Crippen molar-refractivity contribution in [3.63, 3.8) is 0 Å². The molecule has 0 bridgehead atoms. The van der Waals surface area contributed by atoms with Crippen LogP contribution in [-0.4, -0.2) is 48.4 Å². The quantitative estimate of drug-likeness (QED) is 0.137. The van der Waals surface area contributed by atoms with Crippen LogP contribution in [0.4, 0.5) is 0 Å². The molecule has 0 spiro atoms. The van der Waals surface area contributed by atoms with Gasteiger partial charge in [-0.3, -0.25) is 4.79 Å². The van der Waals surface area contributed by atoms with E-state index >= 15 is 0 Å². The number of fused-ring (bicyclic) bond motifs is 1. The maximum atomic E-state index is 13.9. The highest BCUT2D eigenvalue weighted by Crippen LogP contribution is 2.40. The third-order valence-electron chi connectivity index (χ3n) is 6.43. The van der Waals surface area contributed by atoms with Crippen LogP contribution in [0.3, 0.4) is 0 Å². The van der Waals surface area contributed by atoms with Crippen molar-refractivity contribution in [2.75, 3.05) is 33.4 Å². The van der Waals surface area contributed by atoms with Gasteiger partial charge in [0.05, 0.1) is 29.8 Å². The predicted molar refractivity (Wildman–Crippen MR) is 151 cm³/mol. The summed E-state index contributed by atoms with van der Waals surface area (Å²) in [7, 11) is 1.63. The van der Waals surface area contributed by atoms with Crippen LogP contribution in [0.15, 0.2) is 72.9 Å². The molecular formula is C31H35ClN2O3. The van der Waals surface area contributed by atoms with E-state index in [9.17, 15) is 4.79 Å². The molecule has 0 N–H and O–H groups in total. The number of methoxy groups -OCH3 is 1. The van der Waals surface area contributed by atoms with Crippen molar-refractivity contribution >= 4 is 22.9 Å². The van der Waals surface area contributed by atoms with E-state index in [0.29, 0.717) is 34.4 Å². The number of carbonyl (C=O) groups is 1. The number of carbonyl (C=O) groups excluding carboxylic acids is 1. The standard InChI is InChI=1S/C31H35ClN2O3/c1-4-17-33(18-5-2)19-11-21-37-27-16-15-24(22-25(27)32)30(35)29-28(23-12-7-6-8-13-23)31(36-3)26-14-9-10-20-34(26)29/h6-10,12-16,20,22H,4-5,11,17-19,21H2,1-3H3. The number of rotatable bonds is 13. The van der Waals surface area contributed by atoms with Crippen LogP contribution in [0.2, 0.25) is 5.02 Å². The molecule has 0 saturated carbocycles. The molecule has 0 radical (unpaired) electrons. The van der Waals surface area contributed by atoms with Crippen molar-refractivity contribution in [2.45, 2.75) is 33.1 Å². The molecular weight excluding hydrogens is 484 g/mol. The Hall–Kier alpha value is -3.28. The topological polar surface area (TPSA) is 43.2 Å². The molecule has 2 aromatic carbocycles. The third kappa shape index (κ3) is 6.00. The van der Waals surface area contributed by atoms with Gasteiger partial charge < -0.3 is 18.8 Å². The van der Waals surface area contributed by atoms with E-state index in [2.05, 4.69) is 18.7 Å². The number of nitrogens with zero attached hydrogens (tertiary/aromatic N) is 2. The van der Waals surface area contributed by atoms with E-state index in [0.717, 1.165) is 55.5 Å². The second-order valence-corrected chi connectivity index (χ2v) is 9.50. The molecule has 194 valence electrons. The van der Waals surface area contributed by atoms with Gasteiger partial charge in [0.25, 0.3) is 0 Å². The summed E-state index contributed by atoms with van der Waals surface area (Å²) in [6.45, 7) is 8.21. The first-order valence-electron chi connectivity index (χ1n) is 13.0. The lowest BCUT2D eigenvalue weighted by atomic mass is 9.99. The number of halogens is 1. The van der Waals surface area contributed by atoms with Crippen molar-refractivity contribution in [3.05, 3.63) is 89.2 Å². The SMILES string of the molecule is CCCN(CCC)CCCOc1ccc(C(=O)c2c(-c3ccccc3)c(OC)c3ccccn23)cc1Cl. The number of ketones is 1. The van der Waals surface area contributed by atoms with Crippen molar-refractivity contribution in [2.24, 2.45) is 0 Å². The molecule has 0 aliphatic carbocycles. The first-order chi connectivity index (χ1) is 18.1. The highest BCUT2D eigenvalue weighted by atomic mass is 35.5. The molecule has 37 heavy (non-hydrogen) atoms. The molecule has 0 aliphatic rings. The summed E-state index contributed by atoms with van der Waals surface area (Å²) in [5.41, 5.74) is 3.54. The van der Waals surface area contributed by atoms with Crippen LogP contribution in [0, 0.1) is 0 Å². The molecule has 5 nitrogen and oxygen atoms in total. The molecule has 2 aromatic heterocycles. The summed E-state index contributed by atoms with van der Waals surface area (Å²) < 4.78 is 13.7. The molecule has 0 unspecified atom stereocenters. The molecule has 6 heteroatoms. The van der Waals surface area contributed by atoms with Gasteiger partial charge in [0.1, 0.15) is 11.4 Å². The Bertz CT molecular complexity index is 1330. The summed E-state index contributed by atoms with van der Waals surface area (Å²) in [5.74, 6) is 1.13. The maximum absolute atomic E-state index is 13.9. The van der Waals surface area contributed by atoms with Gasteiger partial charge in [-0.2, -0.15) is 0 Å². The monoisotopic (exact) mass is 518 g/mol. The highest BCUT2D eigenvalue weighted by Gasteiger charge is 2.26. The molecule has 0 saturated heterocycles. The molecule has 0 atom stereocenters. The van der Waals surface area contributed by atoms with Gasteiger partial charge in [0.2, 0.25) is 5.78 Å². The summed E-state index contributed by atoms with van der Waals surface area (Å²) in [6.07, 6.45) is 5.11. The van der Waals surface area contributed by atoms with E-state index in [1.54, 1.807) is 25.3 Å². The van der Waals surface area contributed by atoms with Crippen LogP contribution >= 0.6 is 11.6 Å². The van der Waals surface area contributed by atoms with Crippen molar-refractivity contribution in [3.8, 4) is 22.6 Å². The molecule has 4 aromatic rings. The Morgan fingerprint density at radius 2 is 1.68 bits per heavy atom. The normalized spacial score (nSPS) is 11.3. The lowest BCUT2D eigenvalue weighted by molar-refractivity contribution is 0.103. The predicted octanol–water partition coefficient (Wildman–Crippen LogP) is 7.39. The van der Waals surface area contributed by atoms with E-state index in [1.165, 1.54) is 0 Å². The zero-order valence-corrected chi connectivity index (χ0v) is 22.6. The molecule has 0 amide bonds. The number of hydrogen-bond donors (Lipinski definition) is 0. The zero-order valence-electron chi connectivity index (χ0n) is 21.9. The van der Waals surface area contributed by atoms with Crippen molar-refractivity contribution < 1.29 is 14.3 Å². The minimum Gasteiger partial charge on any atom is -0.494 e. The Labute approximate surface area is 224 Å². The van der Waals surface area contributed by atoms with Crippen LogP contribution < -0.4 is 9.47 Å². The maximum Gasteiger partial charge on any atom is 0.210 e. The number of benzene rings is 2. The summed E-state index contributed by atoms with van der Waals surface area (Å²) in [6, 6.07) is 20.9. The van der Waals surface area contributed by atoms with Crippen molar-refractivity contribution in [1.82, 2.24) is 9.30 Å². The van der Waals surface area contributed by atoms with Crippen molar-refractivity contribution in [1.29, 1.82) is 0 Å². The Balaban J connectivity index is 1.59. The second kappa shape index (κ2) is 12.8. The van der Waals surface area contributed by atoms with Crippen LogP contribution in [-0.2, 0) is 0 Å². The average Bonchev–Trinajstić information content (AvgIpc) is 3.26. The summed E-state index contributed by atoms with van der Waals surface area (Å²) >= 11 is 6.59. The fourth-order valence-corrected chi connectivity index (χ4v) is 5.05. The van der Waals surface area contributed by atoms with Crippen LogP contribution in [0.5, 0.6) is 11.5 Å². The molecule has 0 aliphatic heterocycles. The number of pyridine rings is 1. The Morgan fingerprint density at radius 3 is 2.35 bits per heavy atom. The average molecular weight is 519 g/mol. The largest absolute Gasteiger partial charge is 0.494 e. The van der Waals surface area contributed by atoms with E-state index in [4.69, 9.17) is 21.1 Å². The minimum atomic E-state index is -0.133. The zero-order chi connectivity index (χ0) is 26.2. The van der Waals surface area contributed by atoms with Gasteiger partial charge in [0.15, 0.2) is 5.75 Å². The smallest absolute Gasteiger partial charge is 0.210 e. The van der Waals surface area contributed by atoms with Gasteiger partial charge in [0, 0.05) is 18.3 Å². The van der Waals surface area contributed by atoms with Gasteiger partial charge in [-0.1, -0.05) is 61.8 Å². The van der Waals surface area contributed by atoms with Crippen LogP contribution in [0.25, 0.3) is 16.6 Å². The van der Waals surface area contributed by atoms with E-state index < -0.39 is 0 Å². The van der Waals surface area contributed by atoms with Gasteiger partial charge in [-0.05, 0) is 68.2 Å². The lowest BCUT2D eigenvalue weighted by Gasteiger charge is -2.20. The van der Waals surface area contributed by atoms with E-state index in [-0.39, 0.29) is 5.78 Å². The molecule has 2 heterocycles. The lowest BCUT2D eigenvalue weighted by Crippen LogP contribution is -2.27. The Morgan fingerprint density at radius 1 is 0.946 bits per heavy atom. The second-order valence-electron chi connectivity index (χ2n) is 9.10. The first-order valence-corrected chi connectivity index (χ1v) is 13.4. The van der Waals surface area contributed by atoms with Gasteiger partial charge in [-0.25, -0.2) is 0 Å². The number of aromatic nitrogens is 1. The fraction of sp³-hybridized carbons (Fsp3) is 0.323. The molecule has 0 fully saturated rings. The van der Waals surface area contributed by atoms with Gasteiger partial charge in [-0.15, -0.1) is 0 Å². The Kier molecular flexibility index (Phi) is 9.26.